The minimum absolute atomic E-state index is 0.727. The van der Waals surface area contributed by atoms with Crippen molar-refractivity contribution in [3.63, 3.8) is 0 Å². The van der Waals surface area contributed by atoms with E-state index in [2.05, 4.69) is 21.7 Å². The van der Waals surface area contributed by atoms with Gasteiger partial charge in [-0.25, -0.2) is 0 Å². The van der Waals surface area contributed by atoms with E-state index in [1.54, 1.807) is 0 Å². The molecule has 0 saturated carbocycles. The van der Waals surface area contributed by atoms with Crippen molar-refractivity contribution in [2.45, 2.75) is 4.63 Å². The van der Waals surface area contributed by atoms with Gasteiger partial charge >= 0.3 is 52.0 Å². The van der Waals surface area contributed by atoms with E-state index in [1.807, 2.05) is 0 Å². The first kappa shape index (κ1) is 5.71. The van der Waals surface area contributed by atoms with Crippen LogP contribution in [-0.2, 0) is 0 Å². The second-order valence-corrected chi connectivity index (χ2v) is 23.5. The van der Waals surface area contributed by atoms with Crippen LogP contribution in [0.3, 0.4) is 0 Å². The Kier molecular flexibility index (Phi) is 2.65. The average Bonchev–Trinajstić information content (AvgIpc) is 1.86. The topological polar surface area (TPSA) is 0 Å². The van der Waals surface area contributed by atoms with E-state index >= 15 is 0 Å². The molecule has 3 heteroatoms. The van der Waals surface area contributed by atoms with Gasteiger partial charge < -0.3 is 0 Å². The Bertz CT molecular complexity index is 42.1. The first-order valence-corrected chi connectivity index (χ1v) is 15.8. The zero-order chi connectivity index (χ0) is 4.41. The van der Waals surface area contributed by atoms with Crippen LogP contribution in [0.15, 0.2) is 0 Å². The van der Waals surface area contributed by atoms with Gasteiger partial charge in [0, 0.05) is 0 Å². The zero-order valence-electron chi connectivity index (χ0n) is 3.68. The van der Waals surface area contributed by atoms with Crippen LogP contribution >= 0.6 is 17.0 Å². The van der Waals surface area contributed by atoms with Gasteiger partial charge in [0.15, 0.2) is 0 Å². The Balaban J connectivity index is 2.18. The molecular formula is C3H7BiS2. The summed E-state index contributed by atoms with van der Waals surface area (Å²) in [4.78, 5) is 0. The summed E-state index contributed by atoms with van der Waals surface area (Å²) in [6.45, 7) is 0. The predicted octanol–water partition coefficient (Wildman–Crippen LogP) is 1.58. The summed E-state index contributed by atoms with van der Waals surface area (Å²) in [5.74, 6) is 2.91. The Morgan fingerprint density at radius 3 is 2.00 bits per heavy atom. The SMILES string of the molecule is [CH3][Bi]1[S]CC[S]1. The van der Waals surface area contributed by atoms with E-state index in [9.17, 15) is 0 Å². The van der Waals surface area contributed by atoms with E-state index in [-0.39, 0.29) is 0 Å². The zero-order valence-corrected chi connectivity index (χ0v) is 8.79. The molecule has 36 valence electrons. The summed E-state index contributed by atoms with van der Waals surface area (Å²) in [5.41, 5.74) is 0. The quantitative estimate of drug-likeness (QED) is 0.623. The molecular weight excluding hydrogens is 309 g/mol. The normalized spacial score (nSPS) is 25.5. The van der Waals surface area contributed by atoms with Gasteiger partial charge in [0.1, 0.15) is 0 Å². The van der Waals surface area contributed by atoms with Crippen LogP contribution in [-0.4, -0.2) is 30.3 Å². The van der Waals surface area contributed by atoms with Gasteiger partial charge in [-0.05, 0) is 0 Å². The Morgan fingerprint density at radius 2 is 1.83 bits per heavy atom. The van der Waals surface area contributed by atoms with Gasteiger partial charge in [-0.1, -0.05) is 0 Å². The Morgan fingerprint density at radius 1 is 1.33 bits per heavy atom. The molecule has 0 atom stereocenters. The second-order valence-electron chi connectivity index (χ2n) is 1.11. The summed E-state index contributed by atoms with van der Waals surface area (Å²) >= 11 is -0.727. The van der Waals surface area contributed by atoms with Crippen LogP contribution in [0, 0.1) is 0 Å². The number of hydrogen-bond donors (Lipinski definition) is 0. The Labute approximate surface area is 51.6 Å². The molecule has 0 amide bonds. The molecule has 0 aromatic rings. The van der Waals surface area contributed by atoms with Crippen molar-refractivity contribution in [3.8, 4) is 0 Å². The van der Waals surface area contributed by atoms with Crippen LogP contribution in [0.5, 0.6) is 0 Å². The van der Waals surface area contributed by atoms with E-state index in [1.165, 1.54) is 11.5 Å². The van der Waals surface area contributed by atoms with E-state index in [4.69, 9.17) is 0 Å². The summed E-state index contributed by atoms with van der Waals surface area (Å²) in [6.07, 6.45) is 0. The molecule has 1 heterocycles. The third kappa shape index (κ3) is 1.59. The van der Waals surface area contributed by atoms with E-state index < -0.39 is 18.8 Å². The van der Waals surface area contributed by atoms with Crippen molar-refractivity contribution in [2.24, 2.45) is 0 Å². The summed E-state index contributed by atoms with van der Waals surface area (Å²) < 4.78 is 2.47. The molecule has 0 aliphatic carbocycles. The van der Waals surface area contributed by atoms with Crippen LogP contribution in [0.25, 0.3) is 0 Å². The van der Waals surface area contributed by atoms with Crippen LogP contribution in [0.1, 0.15) is 0 Å². The van der Waals surface area contributed by atoms with Crippen molar-refractivity contribution in [3.05, 3.63) is 0 Å². The first-order chi connectivity index (χ1) is 2.89. The van der Waals surface area contributed by atoms with Crippen molar-refractivity contribution >= 4 is 35.9 Å². The van der Waals surface area contributed by atoms with Gasteiger partial charge in [-0.3, -0.25) is 0 Å². The minimum atomic E-state index is -0.727. The van der Waals surface area contributed by atoms with Gasteiger partial charge in [0.05, 0.1) is 0 Å². The summed E-state index contributed by atoms with van der Waals surface area (Å²) in [6, 6.07) is 0. The standard InChI is InChI=1S/C2H6S2.CH3.Bi/c3-1-2-4;;/h3-4H,1-2H2;1H3;/q;;+2/p-2. The molecule has 0 bridgehead atoms. The molecule has 6 heavy (non-hydrogen) atoms. The number of rotatable bonds is 0. The maximum atomic E-state index is 2.47. The molecule has 0 N–H and O–H groups in total. The second kappa shape index (κ2) is 2.79. The number of hydrogen-bond acceptors (Lipinski definition) is 2. The van der Waals surface area contributed by atoms with Crippen LogP contribution < -0.4 is 0 Å². The average molecular weight is 316 g/mol. The monoisotopic (exact) mass is 316 g/mol. The summed E-state index contributed by atoms with van der Waals surface area (Å²) in [7, 11) is 4.53. The summed E-state index contributed by atoms with van der Waals surface area (Å²) in [5, 5.41) is 0. The van der Waals surface area contributed by atoms with Crippen molar-refractivity contribution in [1.29, 1.82) is 0 Å². The van der Waals surface area contributed by atoms with E-state index in [0.717, 1.165) is 0 Å². The molecule has 0 unspecified atom stereocenters. The molecule has 0 radical (unpaired) electrons. The molecule has 1 aliphatic heterocycles. The molecule has 0 aromatic heterocycles. The molecule has 0 spiro atoms. The van der Waals surface area contributed by atoms with Crippen LogP contribution in [0.4, 0.5) is 0 Å². The van der Waals surface area contributed by atoms with Gasteiger partial charge in [-0.15, -0.1) is 0 Å². The van der Waals surface area contributed by atoms with Crippen molar-refractivity contribution in [1.82, 2.24) is 0 Å². The predicted molar refractivity (Wildman–Crippen MR) is 36.5 cm³/mol. The molecule has 1 saturated heterocycles. The molecule has 1 rings (SSSR count). The molecule has 0 aromatic carbocycles. The molecule has 1 fully saturated rings. The molecule has 0 nitrogen and oxygen atoms in total. The first-order valence-electron chi connectivity index (χ1n) is 1.89. The van der Waals surface area contributed by atoms with Gasteiger partial charge in [0.25, 0.3) is 0 Å². The fraction of sp³-hybridized carbons (Fsp3) is 1.00. The molecule has 1 aliphatic rings. The fourth-order valence-electron chi connectivity index (χ4n) is 0.369. The Hall–Kier alpha value is 1.58. The third-order valence-electron chi connectivity index (χ3n) is 0.630. The van der Waals surface area contributed by atoms with Gasteiger partial charge in [-0.2, -0.15) is 0 Å². The van der Waals surface area contributed by atoms with E-state index in [0.29, 0.717) is 0 Å². The fourth-order valence-corrected chi connectivity index (χ4v) is 19.5. The van der Waals surface area contributed by atoms with Gasteiger partial charge in [0.2, 0.25) is 0 Å². The van der Waals surface area contributed by atoms with Crippen molar-refractivity contribution in [2.75, 3.05) is 11.5 Å². The van der Waals surface area contributed by atoms with Crippen molar-refractivity contribution < 1.29 is 0 Å². The van der Waals surface area contributed by atoms with Crippen LogP contribution in [0.2, 0.25) is 4.63 Å². The third-order valence-corrected chi connectivity index (χ3v) is 20.7. The maximum absolute atomic E-state index is 2.47.